The average Bonchev–Trinajstić information content (AvgIpc) is 2.54. The van der Waals surface area contributed by atoms with Crippen molar-refractivity contribution in [2.75, 3.05) is 26.2 Å². The Labute approximate surface area is 188 Å². The molecule has 0 saturated carbocycles. The fraction of sp³-hybridized carbons (Fsp3) is 0.889. The highest BCUT2D eigenvalue weighted by molar-refractivity contribution is 6.67. The lowest BCUT2D eigenvalue weighted by Gasteiger charge is -2.39. The first-order valence-corrected chi connectivity index (χ1v) is 10.6. The molecule has 0 spiro atoms. The highest BCUT2D eigenvalue weighted by Crippen LogP contribution is 2.20. The van der Waals surface area contributed by atoms with Crippen LogP contribution in [0.25, 0.3) is 0 Å². The molecule has 0 aromatic carbocycles. The number of hydrogen-bond donors (Lipinski definition) is 0. The summed E-state index contributed by atoms with van der Waals surface area (Å²) in [7, 11) is 0. The largest absolute Gasteiger partial charge is 1.00 e. The maximum atomic E-state index is 4.99. The van der Waals surface area contributed by atoms with Crippen LogP contribution in [0.4, 0.5) is 0 Å². The fourth-order valence-electron chi connectivity index (χ4n) is 2.64. The molecule has 0 N–H and O–H groups in total. The van der Waals surface area contributed by atoms with E-state index in [1.807, 2.05) is 0 Å². The molecule has 0 heterocycles. The number of nitrogens with zero attached hydrogens (tertiary/aromatic N) is 1. The van der Waals surface area contributed by atoms with Crippen molar-refractivity contribution in [3.05, 3.63) is 8.98 Å². The van der Waals surface area contributed by atoms with E-state index in [1.54, 1.807) is 0 Å². The molecular weight excluding hydrogens is 499 g/mol. The number of rotatable bonds is 12. The highest BCUT2D eigenvalue weighted by atomic mass is 127. The normalized spacial score (nSPS) is 10.5. The van der Waals surface area contributed by atoms with Gasteiger partial charge in [-0.05, 0) is 25.7 Å². The van der Waals surface area contributed by atoms with Gasteiger partial charge in [0.05, 0.1) is 26.2 Å². The van der Waals surface area contributed by atoms with Crippen LogP contribution in [-0.2, 0) is 0 Å². The molecule has 0 aliphatic rings. The van der Waals surface area contributed by atoms with Gasteiger partial charge in [-0.3, -0.25) is 0 Å². The van der Waals surface area contributed by atoms with Crippen molar-refractivity contribution < 1.29 is 28.5 Å². The van der Waals surface area contributed by atoms with Crippen molar-refractivity contribution in [3.8, 4) is 0 Å². The van der Waals surface area contributed by atoms with Crippen LogP contribution in [-0.4, -0.2) is 30.7 Å². The number of unbranched alkanes of at least 4 members (excludes halogenated alkanes) is 4. The predicted molar refractivity (Wildman–Crippen MR) is 110 cm³/mol. The van der Waals surface area contributed by atoms with Crippen LogP contribution < -0.4 is 24.0 Å². The third-order valence-electron chi connectivity index (χ3n) is 4.09. The second-order valence-corrected chi connectivity index (χ2v) is 8.07. The molecule has 0 aromatic heterocycles. The molecule has 24 heavy (non-hydrogen) atoms. The summed E-state index contributed by atoms with van der Waals surface area (Å²) in [6, 6.07) is 0. The van der Waals surface area contributed by atoms with E-state index < -0.39 is 0 Å². The van der Waals surface area contributed by atoms with E-state index in [-0.39, 0.29) is 33.0 Å². The van der Waals surface area contributed by atoms with E-state index >= 15 is 0 Å². The van der Waals surface area contributed by atoms with Crippen molar-refractivity contribution in [3.63, 3.8) is 0 Å². The first kappa shape index (κ1) is 30.3. The lowest BCUT2D eigenvalue weighted by Crippen LogP contribution is -3.00. The van der Waals surface area contributed by atoms with E-state index in [9.17, 15) is 0 Å². The summed E-state index contributed by atoms with van der Waals surface area (Å²) in [6.45, 7) is 15.0. The molecule has 0 fully saturated rings. The van der Waals surface area contributed by atoms with Crippen molar-refractivity contribution >= 4 is 46.4 Å². The summed E-state index contributed by atoms with van der Waals surface area (Å²) >= 11 is 20.0. The topological polar surface area (TPSA) is 0 Å². The Morgan fingerprint density at radius 1 is 0.542 bits per heavy atom. The molecule has 0 amide bonds. The fourth-order valence-corrected chi connectivity index (χ4v) is 2.64. The Morgan fingerprint density at radius 2 is 0.750 bits per heavy atom. The molecule has 0 rings (SSSR count). The summed E-state index contributed by atoms with van der Waals surface area (Å²) in [5, 5.41) is 0. The smallest absolute Gasteiger partial charge is 0.136 e. The summed E-state index contributed by atoms with van der Waals surface area (Å²) in [6.07, 6.45) is 11.1. The third kappa shape index (κ3) is 18.4. The van der Waals surface area contributed by atoms with Crippen molar-refractivity contribution in [2.24, 2.45) is 0 Å². The number of hydrogen-bond acceptors (Lipinski definition) is 0. The molecule has 0 aliphatic carbocycles. The van der Waals surface area contributed by atoms with Crippen molar-refractivity contribution in [2.45, 2.75) is 79.1 Å². The van der Waals surface area contributed by atoms with E-state index in [0.29, 0.717) is 0 Å². The first-order valence-electron chi connectivity index (χ1n) is 9.10. The Bertz CT molecular complexity index is 243. The van der Waals surface area contributed by atoms with Crippen LogP contribution in [0.1, 0.15) is 79.1 Å². The lowest BCUT2D eigenvalue weighted by atomic mass is 10.1. The van der Waals surface area contributed by atoms with Gasteiger partial charge in [0.15, 0.2) is 0 Å². The minimum Gasteiger partial charge on any atom is -1.00 e. The van der Waals surface area contributed by atoms with Crippen LogP contribution in [0, 0.1) is 0 Å². The standard InChI is InChI=1S/C16H36N.C2Cl4.HI/c1-5-9-13-17(14-10-6-2,15-11-7-3)16-12-8-4;3-1(4)2(5)6;/h5-16H2,1-4H3;;1H/q+1;;/p-1. The van der Waals surface area contributed by atoms with Gasteiger partial charge in [-0.15, -0.1) is 0 Å². The van der Waals surface area contributed by atoms with E-state index in [2.05, 4.69) is 27.7 Å². The minimum absolute atomic E-state index is 0. The molecule has 0 radical (unpaired) electrons. The molecule has 0 aliphatic heterocycles. The summed E-state index contributed by atoms with van der Waals surface area (Å²) in [4.78, 5) is 0. The zero-order chi connectivity index (χ0) is 18.1. The molecule has 0 unspecified atom stereocenters. The quantitative estimate of drug-likeness (QED) is 0.242. The second-order valence-electron chi connectivity index (χ2n) is 6.17. The number of halogens is 5. The van der Waals surface area contributed by atoms with Gasteiger partial charge >= 0.3 is 0 Å². The Hall–Kier alpha value is 1.59. The van der Waals surface area contributed by atoms with Gasteiger partial charge in [-0.25, -0.2) is 0 Å². The molecule has 6 heteroatoms. The van der Waals surface area contributed by atoms with Crippen LogP contribution in [0.5, 0.6) is 0 Å². The highest BCUT2D eigenvalue weighted by Gasteiger charge is 2.24. The summed E-state index contributed by atoms with van der Waals surface area (Å²) < 4.78 is 1.22. The molecule has 0 atom stereocenters. The predicted octanol–water partition coefficient (Wildman–Crippen LogP) is 5.08. The Balaban J connectivity index is -0.000000538. The minimum atomic E-state index is -0.0988. The van der Waals surface area contributed by atoms with Gasteiger partial charge < -0.3 is 28.5 Å². The van der Waals surface area contributed by atoms with Crippen LogP contribution >= 0.6 is 46.4 Å². The SMILES string of the molecule is CCCC[N+](CCCC)(CCCC)CCCC.ClC(Cl)=C(Cl)Cl.[I-]. The lowest BCUT2D eigenvalue weighted by molar-refractivity contribution is -0.929. The van der Waals surface area contributed by atoms with Gasteiger partial charge in [0, 0.05) is 0 Å². The van der Waals surface area contributed by atoms with Crippen molar-refractivity contribution in [1.82, 2.24) is 0 Å². The van der Waals surface area contributed by atoms with E-state index in [1.165, 1.54) is 82.0 Å². The molecular formula is C18H36Cl4IN. The zero-order valence-electron chi connectivity index (χ0n) is 15.8. The van der Waals surface area contributed by atoms with Gasteiger partial charge in [-0.2, -0.15) is 0 Å². The van der Waals surface area contributed by atoms with E-state index in [0.717, 1.165) is 0 Å². The van der Waals surface area contributed by atoms with Crippen molar-refractivity contribution in [1.29, 1.82) is 0 Å². The summed E-state index contributed by atoms with van der Waals surface area (Å²) in [5.74, 6) is 0. The van der Waals surface area contributed by atoms with Crippen LogP contribution in [0.3, 0.4) is 0 Å². The molecule has 1 nitrogen and oxygen atoms in total. The second kappa shape index (κ2) is 20.9. The van der Waals surface area contributed by atoms with E-state index in [4.69, 9.17) is 46.4 Å². The molecule has 148 valence electrons. The van der Waals surface area contributed by atoms with Gasteiger partial charge in [0.1, 0.15) is 8.98 Å². The Kier molecular flexibility index (Phi) is 26.4. The molecule has 0 bridgehead atoms. The Morgan fingerprint density at radius 3 is 0.875 bits per heavy atom. The maximum Gasteiger partial charge on any atom is 0.136 e. The van der Waals surface area contributed by atoms with Crippen LogP contribution in [0.2, 0.25) is 0 Å². The maximum absolute atomic E-state index is 4.99. The molecule has 0 aromatic rings. The van der Waals surface area contributed by atoms with Crippen LogP contribution in [0.15, 0.2) is 8.98 Å². The third-order valence-corrected chi connectivity index (χ3v) is 5.23. The van der Waals surface area contributed by atoms with Gasteiger partial charge in [0.25, 0.3) is 0 Å². The van der Waals surface area contributed by atoms with Gasteiger partial charge in [-0.1, -0.05) is 99.8 Å². The monoisotopic (exact) mass is 533 g/mol. The number of quaternary nitrogens is 1. The molecule has 0 saturated heterocycles. The summed E-state index contributed by atoms with van der Waals surface area (Å²) in [5.41, 5.74) is 0. The van der Waals surface area contributed by atoms with Gasteiger partial charge in [0.2, 0.25) is 0 Å². The first-order chi connectivity index (χ1) is 10.9. The average molecular weight is 535 g/mol. The zero-order valence-corrected chi connectivity index (χ0v) is 21.0.